The van der Waals surface area contributed by atoms with Gasteiger partial charge in [0.05, 0.1) is 25.2 Å². The number of ether oxygens (including phenoxy) is 1. The van der Waals surface area contributed by atoms with Gasteiger partial charge in [-0.15, -0.1) is 0 Å². The number of β-amino-alcohol motifs (C(OH)–C–C–N with tert-alkyl or cyclic N) is 1. The minimum Gasteiger partial charge on any atom is -0.508 e. The van der Waals surface area contributed by atoms with Crippen LogP contribution in [-0.2, 0) is 17.6 Å². The number of phenols is 2. The number of methoxy groups -OCH3 is 1. The first-order valence-electron chi connectivity index (χ1n) is 9.57. The summed E-state index contributed by atoms with van der Waals surface area (Å²) in [4.78, 5) is 27.5. The number of nitrogens with zero attached hydrogens (tertiary/aromatic N) is 1. The lowest BCUT2D eigenvalue weighted by molar-refractivity contribution is -0.129. The van der Waals surface area contributed by atoms with Crippen molar-refractivity contribution in [3.05, 3.63) is 52.6 Å². The van der Waals surface area contributed by atoms with E-state index >= 15 is 0 Å². The third-order valence-electron chi connectivity index (χ3n) is 5.28. The van der Waals surface area contributed by atoms with E-state index in [0.29, 0.717) is 41.8 Å². The van der Waals surface area contributed by atoms with E-state index in [1.54, 1.807) is 31.2 Å². The molecule has 0 radical (unpaired) electrons. The van der Waals surface area contributed by atoms with Crippen LogP contribution in [0.1, 0.15) is 40.4 Å². The van der Waals surface area contributed by atoms with Gasteiger partial charge >= 0.3 is 0 Å². The maximum Gasteiger partial charge on any atom is 0.227 e. The molecule has 1 unspecified atom stereocenters. The average molecular weight is 399 g/mol. The second-order valence-corrected chi connectivity index (χ2v) is 7.12. The molecule has 0 aliphatic carbocycles. The minimum atomic E-state index is -0.553. The number of aromatic hydroxyl groups is 2. The number of hydrogen-bond acceptors (Lipinski definition) is 6. The van der Waals surface area contributed by atoms with Crippen LogP contribution in [0.2, 0.25) is 0 Å². The highest BCUT2D eigenvalue weighted by molar-refractivity contribution is 6.12. The normalized spacial score (nSPS) is 16.1. The highest BCUT2D eigenvalue weighted by atomic mass is 16.5. The Morgan fingerprint density at radius 2 is 1.83 bits per heavy atom. The van der Waals surface area contributed by atoms with Crippen molar-refractivity contribution in [3.8, 4) is 17.2 Å². The van der Waals surface area contributed by atoms with Gasteiger partial charge in [-0.2, -0.15) is 0 Å². The van der Waals surface area contributed by atoms with Crippen LogP contribution in [0.3, 0.4) is 0 Å². The highest BCUT2D eigenvalue weighted by Crippen LogP contribution is 2.35. The Bertz CT molecular complexity index is 922. The number of aliphatic hydroxyl groups is 1. The second kappa shape index (κ2) is 8.53. The molecule has 1 atom stereocenters. The molecule has 0 bridgehead atoms. The van der Waals surface area contributed by atoms with Crippen molar-refractivity contribution in [2.75, 3.05) is 20.2 Å². The molecule has 1 aliphatic rings. The number of phenolic OH excluding ortho intramolecular Hbond substituents is 2. The van der Waals surface area contributed by atoms with E-state index in [9.17, 15) is 24.9 Å². The summed E-state index contributed by atoms with van der Waals surface area (Å²) < 4.78 is 5.11. The summed E-state index contributed by atoms with van der Waals surface area (Å²) in [5.41, 5.74) is 1.11. The van der Waals surface area contributed by atoms with Crippen LogP contribution in [0, 0.1) is 0 Å². The SMILES string of the molecule is CCc1c(O)cc(O)c(C(=O)c2ccc(OC)cc2)c1CC(=O)N1CCC(O)C1. The number of amides is 1. The standard InChI is InChI=1S/C22H25NO6/c1-3-16-17(10-20(27)23-9-8-14(24)12-23)21(19(26)11-18(16)25)22(28)13-4-6-15(29-2)7-5-13/h4-7,11,14,24-26H,3,8-10,12H2,1-2H3. The summed E-state index contributed by atoms with van der Waals surface area (Å²) in [6.07, 6.45) is 0.201. The van der Waals surface area contributed by atoms with Gasteiger partial charge < -0.3 is 25.0 Å². The molecule has 29 heavy (non-hydrogen) atoms. The number of benzene rings is 2. The lowest BCUT2D eigenvalue weighted by Gasteiger charge is -2.20. The average Bonchev–Trinajstić information content (AvgIpc) is 3.14. The molecule has 2 aromatic carbocycles. The third kappa shape index (κ3) is 4.19. The zero-order valence-electron chi connectivity index (χ0n) is 16.5. The van der Waals surface area contributed by atoms with Gasteiger partial charge in [0.1, 0.15) is 17.2 Å². The summed E-state index contributed by atoms with van der Waals surface area (Å²) in [6.45, 7) is 2.49. The largest absolute Gasteiger partial charge is 0.508 e. The highest BCUT2D eigenvalue weighted by Gasteiger charge is 2.29. The molecule has 3 N–H and O–H groups in total. The Labute approximate surface area is 169 Å². The first-order valence-corrected chi connectivity index (χ1v) is 9.57. The summed E-state index contributed by atoms with van der Waals surface area (Å²) >= 11 is 0. The van der Waals surface area contributed by atoms with Gasteiger partial charge in [0, 0.05) is 24.7 Å². The zero-order valence-corrected chi connectivity index (χ0v) is 16.5. The fraction of sp³-hybridized carbons (Fsp3) is 0.364. The Kier molecular flexibility index (Phi) is 6.08. The van der Waals surface area contributed by atoms with E-state index in [1.165, 1.54) is 12.0 Å². The summed E-state index contributed by atoms with van der Waals surface area (Å²) in [5, 5.41) is 30.5. The second-order valence-electron chi connectivity index (χ2n) is 7.12. The first-order chi connectivity index (χ1) is 13.8. The maximum absolute atomic E-state index is 13.2. The van der Waals surface area contributed by atoms with Crippen LogP contribution in [-0.4, -0.2) is 58.2 Å². The Morgan fingerprint density at radius 3 is 2.38 bits per heavy atom. The first kappa shape index (κ1) is 20.7. The summed E-state index contributed by atoms with van der Waals surface area (Å²) in [5.74, 6) is -0.631. The molecule has 7 heteroatoms. The molecule has 7 nitrogen and oxygen atoms in total. The fourth-order valence-electron chi connectivity index (χ4n) is 3.71. The monoisotopic (exact) mass is 399 g/mol. The van der Waals surface area contributed by atoms with E-state index in [-0.39, 0.29) is 35.9 Å². The number of ketones is 1. The lowest BCUT2D eigenvalue weighted by Crippen LogP contribution is -2.31. The molecule has 0 spiro atoms. The van der Waals surface area contributed by atoms with Gasteiger partial charge in [0.2, 0.25) is 5.91 Å². The van der Waals surface area contributed by atoms with Gasteiger partial charge in [-0.3, -0.25) is 9.59 Å². The van der Waals surface area contributed by atoms with Crippen molar-refractivity contribution >= 4 is 11.7 Å². The minimum absolute atomic E-state index is 0.0120. The molecule has 1 fully saturated rings. The van der Waals surface area contributed by atoms with Crippen LogP contribution in [0.15, 0.2) is 30.3 Å². The summed E-state index contributed by atoms with van der Waals surface area (Å²) in [7, 11) is 1.52. The van der Waals surface area contributed by atoms with Gasteiger partial charge in [0.15, 0.2) is 5.78 Å². The molecule has 0 aromatic heterocycles. The van der Waals surface area contributed by atoms with E-state index < -0.39 is 11.9 Å². The van der Waals surface area contributed by atoms with E-state index in [1.807, 2.05) is 0 Å². The van der Waals surface area contributed by atoms with Crippen molar-refractivity contribution in [2.45, 2.75) is 32.3 Å². The molecule has 1 heterocycles. The van der Waals surface area contributed by atoms with E-state index in [0.717, 1.165) is 6.07 Å². The zero-order chi connectivity index (χ0) is 21.1. The molecule has 1 saturated heterocycles. The topological polar surface area (TPSA) is 107 Å². The van der Waals surface area contributed by atoms with E-state index in [4.69, 9.17) is 4.74 Å². The van der Waals surface area contributed by atoms with Crippen LogP contribution in [0.25, 0.3) is 0 Å². The van der Waals surface area contributed by atoms with Gasteiger partial charge in [-0.1, -0.05) is 6.92 Å². The molecule has 1 amide bonds. The molecule has 154 valence electrons. The van der Waals surface area contributed by atoms with Crippen molar-refractivity contribution in [2.24, 2.45) is 0 Å². The van der Waals surface area contributed by atoms with Crippen LogP contribution >= 0.6 is 0 Å². The predicted molar refractivity (Wildman–Crippen MR) is 106 cm³/mol. The number of hydrogen-bond donors (Lipinski definition) is 3. The third-order valence-corrected chi connectivity index (χ3v) is 5.28. The van der Waals surface area contributed by atoms with Crippen LogP contribution < -0.4 is 4.74 Å². The molecule has 2 aromatic rings. The van der Waals surface area contributed by atoms with Crippen molar-refractivity contribution in [3.63, 3.8) is 0 Å². The summed E-state index contributed by atoms with van der Waals surface area (Å²) in [6, 6.07) is 7.59. The molecule has 1 aliphatic heterocycles. The number of rotatable bonds is 6. The fourth-order valence-corrected chi connectivity index (χ4v) is 3.71. The van der Waals surface area contributed by atoms with Crippen molar-refractivity contribution < 1.29 is 29.6 Å². The Morgan fingerprint density at radius 1 is 1.14 bits per heavy atom. The van der Waals surface area contributed by atoms with E-state index in [2.05, 4.69) is 0 Å². The lowest BCUT2D eigenvalue weighted by atomic mass is 9.89. The predicted octanol–water partition coefficient (Wildman–Crippen LogP) is 2.04. The number of carbonyl (C=O) groups excluding carboxylic acids is 2. The maximum atomic E-state index is 13.2. The van der Waals surface area contributed by atoms with Gasteiger partial charge in [0.25, 0.3) is 0 Å². The van der Waals surface area contributed by atoms with Crippen molar-refractivity contribution in [1.29, 1.82) is 0 Å². The van der Waals surface area contributed by atoms with Crippen molar-refractivity contribution in [1.82, 2.24) is 4.90 Å². The number of carbonyl (C=O) groups is 2. The molecule has 0 saturated carbocycles. The smallest absolute Gasteiger partial charge is 0.227 e. The van der Waals surface area contributed by atoms with Gasteiger partial charge in [-0.05, 0) is 48.2 Å². The number of aliphatic hydroxyl groups excluding tert-OH is 1. The number of likely N-dealkylation sites (tertiary alicyclic amines) is 1. The van der Waals surface area contributed by atoms with Crippen LogP contribution in [0.5, 0.6) is 17.2 Å². The quantitative estimate of drug-likeness (QED) is 0.642. The Hall–Kier alpha value is -3.06. The Balaban J connectivity index is 2.03. The van der Waals surface area contributed by atoms with Crippen LogP contribution in [0.4, 0.5) is 0 Å². The molecular weight excluding hydrogens is 374 g/mol. The molecule has 3 rings (SSSR count). The van der Waals surface area contributed by atoms with Gasteiger partial charge in [-0.25, -0.2) is 0 Å². The molecular formula is C22H25NO6.